The van der Waals surface area contributed by atoms with Crippen LogP contribution >= 0.6 is 0 Å². The molecule has 1 atom stereocenters. The second kappa shape index (κ2) is 6.22. The molecule has 0 amide bonds. The van der Waals surface area contributed by atoms with E-state index in [9.17, 15) is 0 Å². The number of pyridine rings is 1. The highest BCUT2D eigenvalue weighted by atomic mass is 16.5. The normalized spacial score (nSPS) is 19.9. The first kappa shape index (κ1) is 14.8. The average molecular weight is 276 g/mol. The third-order valence-corrected chi connectivity index (χ3v) is 3.91. The van der Waals surface area contributed by atoms with E-state index in [2.05, 4.69) is 16.9 Å². The maximum absolute atomic E-state index is 7.70. The van der Waals surface area contributed by atoms with Gasteiger partial charge in [0, 0.05) is 17.8 Å². The minimum Gasteiger partial charge on any atom is -0.491 e. The first-order chi connectivity index (χ1) is 9.49. The molecule has 1 aromatic heterocycles. The molecule has 0 bridgehead atoms. The van der Waals surface area contributed by atoms with E-state index in [1.807, 2.05) is 19.9 Å². The molecule has 2 heterocycles. The summed E-state index contributed by atoms with van der Waals surface area (Å²) < 4.78 is 5.97. The summed E-state index contributed by atoms with van der Waals surface area (Å²) in [5.41, 5.74) is 7.92. The molecule has 0 radical (unpaired) electrons. The number of nitrogens with one attached hydrogen (secondary N) is 1. The third-order valence-electron chi connectivity index (χ3n) is 3.91. The lowest BCUT2D eigenvalue weighted by Crippen LogP contribution is -2.40. The number of hydrogen-bond donors (Lipinski definition) is 2. The van der Waals surface area contributed by atoms with Crippen LogP contribution in [0.3, 0.4) is 0 Å². The van der Waals surface area contributed by atoms with E-state index in [0.717, 1.165) is 24.4 Å². The van der Waals surface area contributed by atoms with Crippen LogP contribution in [0.25, 0.3) is 0 Å². The van der Waals surface area contributed by atoms with Crippen LogP contribution in [0, 0.1) is 19.3 Å². The smallest absolute Gasteiger partial charge is 0.133 e. The zero-order valence-corrected chi connectivity index (χ0v) is 12.6. The Morgan fingerprint density at radius 3 is 2.90 bits per heavy atom. The summed E-state index contributed by atoms with van der Waals surface area (Å²) in [6.45, 7) is 5.56. The molecule has 0 spiro atoms. The Labute approximate surface area is 120 Å². The molecule has 5 nitrogen and oxygen atoms in total. The summed E-state index contributed by atoms with van der Waals surface area (Å²) in [7, 11) is 2.14. The van der Waals surface area contributed by atoms with Crippen molar-refractivity contribution >= 4 is 5.84 Å². The molecule has 2 rings (SSSR count). The molecule has 1 aliphatic heterocycles. The van der Waals surface area contributed by atoms with E-state index in [1.165, 1.54) is 12.8 Å². The van der Waals surface area contributed by atoms with Crippen LogP contribution in [-0.4, -0.2) is 42.0 Å². The van der Waals surface area contributed by atoms with Crippen LogP contribution in [-0.2, 0) is 0 Å². The molecule has 5 heteroatoms. The molecule has 1 aliphatic rings. The molecule has 110 valence electrons. The number of likely N-dealkylation sites (N-methyl/N-ethyl adjacent to an activating group) is 1. The number of nitrogen functional groups attached to an aromatic ring is 1. The molecular formula is C15H24N4O. The predicted octanol–water partition coefficient (Wildman–Crippen LogP) is 1.85. The number of rotatable bonds is 4. The number of nitrogens with two attached hydrogens (primary N) is 1. The number of hydrogen-bond acceptors (Lipinski definition) is 4. The van der Waals surface area contributed by atoms with Crippen LogP contribution in [0.5, 0.6) is 5.75 Å². The van der Waals surface area contributed by atoms with Crippen molar-refractivity contribution in [1.82, 2.24) is 9.88 Å². The van der Waals surface area contributed by atoms with Gasteiger partial charge in [-0.15, -0.1) is 0 Å². The van der Waals surface area contributed by atoms with E-state index in [0.29, 0.717) is 24.0 Å². The van der Waals surface area contributed by atoms with Gasteiger partial charge >= 0.3 is 0 Å². The van der Waals surface area contributed by atoms with E-state index < -0.39 is 0 Å². The lowest BCUT2D eigenvalue weighted by molar-refractivity contribution is 0.125. The van der Waals surface area contributed by atoms with E-state index in [4.69, 9.17) is 15.9 Å². The molecule has 0 aliphatic carbocycles. The van der Waals surface area contributed by atoms with E-state index in [-0.39, 0.29) is 5.84 Å². The van der Waals surface area contributed by atoms with Crippen molar-refractivity contribution in [2.45, 2.75) is 39.2 Å². The lowest BCUT2D eigenvalue weighted by Gasteiger charge is -2.32. The van der Waals surface area contributed by atoms with Gasteiger partial charge in [0.1, 0.15) is 18.2 Å². The SMILES string of the molecule is Cc1cc(OCC2CCCCN2C)c(C(=N)N)c(C)n1. The second-order valence-corrected chi connectivity index (χ2v) is 5.58. The van der Waals surface area contributed by atoms with Crippen LogP contribution < -0.4 is 10.5 Å². The summed E-state index contributed by atoms with van der Waals surface area (Å²) in [4.78, 5) is 6.70. The van der Waals surface area contributed by atoms with Gasteiger partial charge in [0.25, 0.3) is 0 Å². The van der Waals surface area contributed by atoms with Crippen LogP contribution in [0.1, 0.15) is 36.2 Å². The van der Waals surface area contributed by atoms with Gasteiger partial charge in [0.2, 0.25) is 0 Å². The van der Waals surface area contributed by atoms with Gasteiger partial charge in [-0.1, -0.05) is 6.42 Å². The van der Waals surface area contributed by atoms with Gasteiger partial charge in [-0.05, 0) is 40.3 Å². The molecule has 0 saturated carbocycles. The third kappa shape index (κ3) is 3.28. The lowest BCUT2D eigenvalue weighted by atomic mass is 10.0. The highest BCUT2D eigenvalue weighted by Crippen LogP contribution is 2.23. The fourth-order valence-corrected chi connectivity index (χ4v) is 2.78. The maximum atomic E-state index is 7.70. The Bertz CT molecular complexity index is 501. The van der Waals surface area contributed by atoms with Crippen molar-refractivity contribution in [3.63, 3.8) is 0 Å². The van der Waals surface area contributed by atoms with E-state index in [1.54, 1.807) is 0 Å². The highest BCUT2D eigenvalue weighted by molar-refractivity contribution is 5.98. The van der Waals surface area contributed by atoms with Crippen LogP contribution in [0.15, 0.2) is 6.07 Å². The van der Waals surface area contributed by atoms with Crippen LogP contribution in [0.2, 0.25) is 0 Å². The number of likely N-dealkylation sites (tertiary alicyclic amines) is 1. The van der Waals surface area contributed by atoms with Crippen molar-refractivity contribution in [3.8, 4) is 5.75 Å². The Morgan fingerprint density at radius 1 is 1.50 bits per heavy atom. The molecular weight excluding hydrogens is 252 g/mol. The quantitative estimate of drug-likeness (QED) is 0.650. The van der Waals surface area contributed by atoms with Gasteiger partial charge in [-0.3, -0.25) is 10.4 Å². The average Bonchev–Trinajstić information content (AvgIpc) is 2.36. The number of ether oxygens (including phenoxy) is 1. The van der Waals surface area contributed by atoms with Crippen molar-refractivity contribution in [1.29, 1.82) is 5.41 Å². The number of amidine groups is 1. The summed E-state index contributed by atoms with van der Waals surface area (Å²) in [6.07, 6.45) is 3.68. The van der Waals surface area contributed by atoms with Crippen molar-refractivity contribution < 1.29 is 4.74 Å². The molecule has 3 N–H and O–H groups in total. The zero-order valence-electron chi connectivity index (χ0n) is 12.6. The first-order valence-corrected chi connectivity index (χ1v) is 7.14. The van der Waals surface area contributed by atoms with Crippen molar-refractivity contribution in [2.24, 2.45) is 5.73 Å². The number of aryl methyl sites for hydroxylation is 2. The predicted molar refractivity (Wildman–Crippen MR) is 80.5 cm³/mol. The Morgan fingerprint density at radius 2 is 2.25 bits per heavy atom. The minimum absolute atomic E-state index is 0.0157. The second-order valence-electron chi connectivity index (χ2n) is 5.58. The largest absolute Gasteiger partial charge is 0.491 e. The molecule has 1 fully saturated rings. The Kier molecular flexibility index (Phi) is 4.60. The maximum Gasteiger partial charge on any atom is 0.133 e. The highest BCUT2D eigenvalue weighted by Gasteiger charge is 2.20. The monoisotopic (exact) mass is 276 g/mol. The number of aromatic nitrogens is 1. The Hall–Kier alpha value is -1.62. The number of nitrogens with zero attached hydrogens (tertiary/aromatic N) is 2. The van der Waals surface area contributed by atoms with Crippen LogP contribution in [0.4, 0.5) is 0 Å². The van der Waals surface area contributed by atoms with Gasteiger partial charge in [0.15, 0.2) is 0 Å². The Balaban J connectivity index is 2.14. The number of piperidine rings is 1. The fraction of sp³-hybridized carbons (Fsp3) is 0.600. The van der Waals surface area contributed by atoms with Gasteiger partial charge in [-0.2, -0.15) is 0 Å². The molecule has 1 unspecified atom stereocenters. The van der Waals surface area contributed by atoms with Gasteiger partial charge in [-0.25, -0.2) is 0 Å². The van der Waals surface area contributed by atoms with E-state index >= 15 is 0 Å². The molecule has 1 saturated heterocycles. The van der Waals surface area contributed by atoms with Gasteiger partial charge in [0.05, 0.1) is 11.3 Å². The minimum atomic E-state index is 0.0157. The topological polar surface area (TPSA) is 75.2 Å². The molecule has 1 aromatic rings. The zero-order chi connectivity index (χ0) is 14.7. The van der Waals surface area contributed by atoms with Crippen molar-refractivity contribution in [2.75, 3.05) is 20.2 Å². The first-order valence-electron chi connectivity index (χ1n) is 7.14. The fourth-order valence-electron chi connectivity index (χ4n) is 2.78. The van der Waals surface area contributed by atoms with Crippen molar-refractivity contribution in [3.05, 3.63) is 23.0 Å². The molecule has 20 heavy (non-hydrogen) atoms. The standard InChI is InChI=1S/C15H24N4O/c1-10-8-13(14(15(16)17)11(2)18-10)20-9-12-6-4-5-7-19(12)3/h8,12H,4-7,9H2,1-3H3,(H3,16,17). The van der Waals surface area contributed by atoms with Gasteiger partial charge < -0.3 is 15.4 Å². The molecule has 0 aromatic carbocycles. The summed E-state index contributed by atoms with van der Waals surface area (Å²) in [6, 6.07) is 2.31. The summed E-state index contributed by atoms with van der Waals surface area (Å²) in [5.74, 6) is 0.698. The summed E-state index contributed by atoms with van der Waals surface area (Å²) in [5, 5.41) is 7.70. The summed E-state index contributed by atoms with van der Waals surface area (Å²) >= 11 is 0.